The minimum Gasteiger partial charge on any atom is -0.493 e. The highest BCUT2D eigenvalue weighted by Gasteiger charge is 2.34. The molecule has 2 aliphatic rings. The van der Waals surface area contributed by atoms with E-state index < -0.39 is 0 Å². The fourth-order valence-corrected chi connectivity index (χ4v) is 4.41. The van der Waals surface area contributed by atoms with Gasteiger partial charge in [-0.1, -0.05) is 12.1 Å². The number of hydrogen-bond acceptors (Lipinski definition) is 4. The van der Waals surface area contributed by atoms with E-state index in [1.165, 1.54) is 23.5 Å². The van der Waals surface area contributed by atoms with E-state index in [0.29, 0.717) is 6.10 Å². The number of para-hydroxylation sites is 1. The number of hydrogen-bond donors (Lipinski definition) is 1. The summed E-state index contributed by atoms with van der Waals surface area (Å²) in [7, 11) is 1.75. The van der Waals surface area contributed by atoms with Gasteiger partial charge in [-0.15, -0.1) is 0 Å². The summed E-state index contributed by atoms with van der Waals surface area (Å²) >= 11 is 2.02. The lowest BCUT2D eigenvalue weighted by Gasteiger charge is -2.29. The first-order chi connectivity index (χ1) is 10.2. The van der Waals surface area contributed by atoms with Crippen molar-refractivity contribution in [3.8, 4) is 11.5 Å². The number of rotatable bonds is 4. The second-order valence-corrected chi connectivity index (χ2v) is 7.35. The van der Waals surface area contributed by atoms with Crippen molar-refractivity contribution in [2.75, 3.05) is 25.2 Å². The molecule has 21 heavy (non-hydrogen) atoms. The van der Waals surface area contributed by atoms with Crippen LogP contribution in [-0.2, 0) is 5.54 Å². The van der Waals surface area contributed by atoms with Gasteiger partial charge in [0.1, 0.15) is 6.10 Å². The monoisotopic (exact) mass is 307 g/mol. The molecule has 3 rings (SSSR count). The average Bonchev–Trinajstić information content (AvgIpc) is 2.96. The molecule has 3 nitrogen and oxygen atoms in total. The van der Waals surface area contributed by atoms with Crippen LogP contribution in [0.5, 0.6) is 11.5 Å². The number of methoxy groups -OCH3 is 1. The summed E-state index contributed by atoms with van der Waals surface area (Å²) in [5, 5.41) is 3.62. The fraction of sp³-hybridized carbons (Fsp3) is 0.647. The van der Waals surface area contributed by atoms with Crippen LogP contribution in [0.15, 0.2) is 18.2 Å². The molecule has 0 aromatic heterocycles. The van der Waals surface area contributed by atoms with Gasteiger partial charge in [-0.25, -0.2) is 0 Å². The Bertz CT molecular complexity index is 480. The summed E-state index contributed by atoms with van der Waals surface area (Å²) in [6.07, 6.45) is 4.96. The highest BCUT2D eigenvalue weighted by atomic mass is 32.2. The van der Waals surface area contributed by atoms with Crippen molar-refractivity contribution in [2.24, 2.45) is 0 Å². The predicted octanol–water partition coefficient (Wildman–Crippen LogP) is 3.57. The fourth-order valence-electron chi connectivity index (χ4n) is 3.35. The Hall–Kier alpha value is -0.870. The topological polar surface area (TPSA) is 30.5 Å². The Balaban J connectivity index is 1.86. The summed E-state index contributed by atoms with van der Waals surface area (Å²) in [6, 6.07) is 6.30. The molecule has 1 unspecified atom stereocenters. The van der Waals surface area contributed by atoms with Crippen molar-refractivity contribution >= 4 is 11.8 Å². The van der Waals surface area contributed by atoms with E-state index in [2.05, 4.69) is 24.4 Å². The van der Waals surface area contributed by atoms with E-state index in [1.807, 2.05) is 17.8 Å². The molecule has 0 bridgehead atoms. The van der Waals surface area contributed by atoms with Gasteiger partial charge >= 0.3 is 0 Å². The average molecular weight is 307 g/mol. The van der Waals surface area contributed by atoms with Gasteiger partial charge in [0, 0.05) is 11.1 Å². The van der Waals surface area contributed by atoms with Crippen molar-refractivity contribution in [1.82, 2.24) is 5.32 Å². The van der Waals surface area contributed by atoms with E-state index in [-0.39, 0.29) is 5.54 Å². The van der Waals surface area contributed by atoms with Gasteiger partial charge in [-0.3, -0.25) is 0 Å². The molecule has 1 atom stereocenters. The van der Waals surface area contributed by atoms with Crippen LogP contribution < -0.4 is 14.8 Å². The first kappa shape index (κ1) is 15.0. The summed E-state index contributed by atoms with van der Waals surface area (Å²) in [6.45, 7) is 3.34. The molecule has 116 valence electrons. The predicted molar refractivity (Wildman–Crippen MR) is 88.6 cm³/mol. The van der Waals surface area contributed by atoms with Gasteiger partial charge in [0.2, 0.25) is 0 Å². The van der Waals surface area contributed by atoms with Crippen LogP contribution >= 0.6 is 11.8 Å². The molecule has 2 aliphatic heterocycles. The van der Waals surface area contributed by atoms with Crippen LogP contribution in [-0.4, -0.2) is 31.3 Å². The van der Waals surface area contributed by atoms with E-state index in [4.69, 9.17) is 9.47 Å². The van der Waals surface area contributed by atoms with E-state index >= 15 is 0 Å². The minimum absolute atomic E-state index is 0.00707. The van der Waals surface area contributed by atoms with Crippen LogP contribution in [0.25, 0.3) is 0 Å². The van der Waals surface area contributed by atoms with E-state index in [1.54, 1.807) is 7.11 Å². The maximum absolute atomic E-state index is 6.26. The molecular formula is C17H25NO2S. The van der Waals surface area contributed by atoms with Crippen LogP contribution in [0.2, 0.25) is 0 Å². The lowest BCUT2D eigenvalue weighted by atomic mass is 9.89. The van der Waals surface area contributed by atoms with Gasteiger partial charge in [0.15, 0.2) is 11.5 Å². The van der Waals surface area contributed by atoms with Crippen molar-refractivity contribution in [2.45, 2.75) is 44.2 Å². The molecule has 0 amide bonds. The molecule has 1 aromatic carbocycles. The van der Waals surface area contributed by atoms with E-state index in [0.717, 1.165) is 37.3 Å². The summed E-state index contributed by atoms with van der Waals surface area (Å²) < 4.78 is 12.0. The van der Waals surface area contributed by atoms with Gasteiger partial charge in [-0.05, 0) is 56.7 Å². The second-order valence-electron chi connectivity index (χ2n) is 6.13. The summed E-state index contributed by atoms with van der Waals surface area (Å²) in [5.74, 6) is 4.21. The number of ether oxygens (including phenoxy) is 2. The van der Waals surface area contributed by atoms with Crippen LogP contribution in [0.3, 0.4) is 0 Å². The SMILES string of the molecule is COc1c(OC2CCSCC2)cccc1C1(C)CCCN1. The Kier molecular flexibility index (Phi) is 4.65. The maximum Gasteiger partial charge on any atom is 0.165 e. The lowest BCUT2D eigenvalue weighted by molar-refractivity contribution is 0.183. The molecule has 0 saturated carbocycles. The summed E-state index contributed by atoms with van der Waals surface area (Å²) in [5.41, 5.74) is 1.23. The molecular weight excluding hydrogens is 282 g/mol. The van der Waals surface area contributed by atoms with Gasteiger partial charge in [0.05, 0.1) is 7.11 Å². The van der Waals surface area contributed by atoms with Crippen LogP contribution in [0, 0.1) is 0 Å². The molecule has 2 saturated heterocycles. The quantitative estimate of drug-likeness (QED) is 0.921. The Morgan fingerprint density at radius 2 is 2.10 bits per heavy atom. The zero-order valence-corrected chi connectivity index (χ0v) is 13.8. The summed E-state index contributed by atoms with van der Waals surface area (Å²) in [4.78, 5) is 0. The Morgan fingerprint density at radius 1 is 1.29 bits per heavy atom. The first-order valence-corrected chi connectivity index (χ1v) is 9.05. The van der Waals surface area contributed by atoms with Crippen LogP contribution in [0.1, 0.15) is 38.2 Å². The van der Waals surface area contributed by atoms with Crippen molar-refractivity contribution in [3.05, 3.63) is 23.8 Å². The lowest BCUT2D eigenvalue weighted by Crippen LogP contribution is -2.33. The zero-order chi connectivity index (χ0) is 14.7. The highest BCUT2D eigenvalue weighted by Crippen LogP contribution is 2.42. The molecule has 2 fully saturated rings. The molecule has 2 heterocycles. The van der Waals surface area contributed by atoms with Gasteiger partial charge < -0.3 is 14.8 Å². The Morgan fingerprint density at radius 3 is 2.76 bits per heavy atom. The Labute approximate surface area is 131 Å². The smallest absolute Gasteiger partial charge is 0.165 e. The molecule has 1 N–H and O–H groups in total. The molecule has 0 spiro atoms. The van der Waals surface area contributed by atoms with Crippen LogP contribution in [0.4, 0.5) is 0 Å². The van der Waals surface area contributed by atoms with Gasteiger partial charge in [-0.2, -0.15) is 11.8 Å². The molecule has 0 aliphatic carbocycles. The second kappa shape index (κ2) is 6.49. The van der Waals surface area contributed by atoms with Gasteiger partial charge in [0.25, 0.3) is 0 Å². The van der Waals surface area contributed by atoms with Crippen molar-refractivity contribution in [3.63, 3.8) is 0 Å². The normalized spacial score (nSPS) is 26.8. The molecule has 4 heteroatoms. The number of benzene rings is 1. The highest BCUT2D eigenvalue weighted by molar-refractivity contribution is 7.99. The molecule has 1 aromatic rings. The first-order valence-electron chi connectivity index (χ1n) is 7.90. The van der Waals surface area contributed by atoms with E-state index in [9.17, 15) is 0 Å². The van der Waals surface area contributed by atoms with Crippen molar-refractivity contribution in [1.29, 1.82) is 0 Å². The third kappa shape index (κ3) is 3.16. The number of thioether (sulfide) groups is 1. The standard InChI is InChI=1S/C17H25NO2S/c1-17(9-4-10-18-17)14-5-3-6-15(16(14)19-2)20-13-7-11-21-12-8-13/h3,5-6,13,18H,4,7-12H2,1-2H3. The third-order valence-corrected chi connectivity index (χ3v) is 5.66. The maximum atomic E-state index is 6.26. The molecule has 0 radical (unpaired) electrons. The third-order valence-electron chi connectivity index (χ3n) is 4.61. The minimum atomic E-state index is 0.00707. The zero-order valence-electron chi connectivity index (χ0n) is 13.0. The van der Waals surface area contributed by atoms with Crippen molar-refractivity contribution < 1.29 is 9.47 Å². The largest absolute Gasteiger partial charge is 0.493 e. The number of nitrogens with one attached hydrogen (secondary N) is 1.